The molecule has 0 aliphatic heterocycles. The van der Waals surface area contributed by atoms with E-state index in [0.717, 1.165) is 5.56 Å². The van der Waals surface area contributed by atoms with Crippen LogP contribution in [0.3, 0.4) is 0 Å². The molecule has 2 aromatic carbocycles. The van der Waals surface area contributed by atoms with Crippen molar-refractivity contribution in [1.82, 2.24) is 0 Å². The molecule has 0 aromatic heterocycles. The number of benzene rings is 2. The Morgan fingerprint density at radius 1 is 1.26 bits per heavy atom. The lowest BCUT2D eigenvalue weighted by Crippen LogP contribution is -2.00. The molecule has 0 fully saturated rings. The summed E-state index contributed by atoms with van der Waals surface area (Å²) >= 11 is 0. The molecule has 0 saturated heterocycles. The molecule has 0 radical (unpaired) electrons. The molecule has 0 saturated carbocycles. The van der Waals surface area contributed by atoms with Crippen molar-refractivity contribution in [3.05, 3.63) is 59.4 Å². The highest BCUT2D eigenvalue weighted by molar-refractivity contribution is 5.95. The summed E-state index contributed by atoms with van der Waals surface area (Å²) in [6, 6.07) is 11.8. The van der Waals surface area contributed by atoms with Crippen LogP contribution < -0.4 is 11.1 Å². The fourth-order valence-electron chi connectivity index (χ4n) is 1.76. The number of halogens is 1. The van der Waals surface area contributed by atoms with Gasteiger partial charge in [-0.1, -0.05) is 18.2 Å². The zero-order chi connectivity index (χ0) is 13.8. The number of anilines is 2. The number of carbonyl (C=O) groups excluding carboxylic acids is 1. The summed E-state index contributed by atoms with van der Waals surface area (Å²) in [5.41, 5.74) is 7.81. The topological polar surface area (TPSA) is 55.1 Å². The SMILES string of the molecule is CC(=O)c1cccc(Nc2ccc(CN)cc2F)c1. The molecule has 3 nitrogen and oxygen atoms in total. The summed E-state index contributed by atoms with van der Waals surface area (Å²) in [5.74, 6) is -0.390. The van der Waals surface area contributed by atoms with Crippen LogP contribution in [0, 0.1) is 5.82 Å². The van der Waals surface area contributed by atoms with E-state index in [1.807, 2.05) is 0 Å². The van der Waals surface area contributed by atoms with E-state index in [0.29, 0.717) is 23.5 Å². The molecule has 0 aliphatic rings. The Morgan fingerprint density at radius 3 is 2.68 bits per heavy atom. The van der Waals surface area contributed by atoms with Gasteiger partial charge in [-0.25, -0.2) is 4.39 Å². The van der Waals surface area contributed by atoms with Crippen molar-refractivity contribution < 1.29 is 9.18 Å². The third kappa shape index (κ3) is 3.17. The Hall–Kier alpha value is -2.20. The third-order valence-electron chi connectivity index (χ3n) is 2.82. The molecule has 2 aromatic rings. The molecule has 0 spiro atoms. The molecular formula is C15H15FN2O. The normalized spacial score (nSPS) is 10.3. The summed E-state index contributed by atoms with van der Waals surface area (Å²) in [6.07, 6.45) is 0. The van der Waals surface area contributed by atoms with Crippen LogP contribution in [0.5, 0.6) is 0 Å². The van der Waals surface area contributed by atoms with Gasteiger partial charge in [0.2, 0.25) is 0 Å². The van der Waals surface area contributed by atoms with Crippen LogP contribution in [0.25, 0.3) is 0 Å². The van der Waals surface area contributed by atoms with Crippen LogP contribution in [0.2, 0.25) is 0 Å². The van der Waals surface area contributed by atoms with Gasteiger partial charge < -0.3 is 11.1 Å². The van der Waals surface area contributed by atoms with Crippen LogP contribution in [0.15, 0.2) is 42.5 Å². The van der Waals surface area contributed by atoms with E-state index in [1.54, 1.807) is 36.4 Å². The maximum absolute atomic E-state index is 13.8. The standard InChI is InChI=1S/C15H15FN2O/c1-10(19)12-3-2-4-13(8-12)18-15-6-5-11(9-17)7-14(15)16/h2-8,18H,9,17H2,1H3. The number of nitrogens with two attached hydrogens (primary N) is 1. The van der Waals surface area contributed by atoms with Gasteiger partial charge in [0.1, 0.15) is 5.82 Å². The van der Waals surface area contributed by atoms with Crippen molar-refractivity contribution in [3.8, 4) is 0 Å². The minimum atomic E-state index is -0.365. The maximum Gasteiger partial charge on any atom is 0.159 e. The van der Waals surface area contributed by atoms with Crippen molar-refractivity contribution in [2.45, 2.75) is 13.5 Å². The summed E-state index contributed by atoms with van der Waals surface area (Å²) in [7, 11) is 0. The van der Waals surface area contributed by atoms with E-state index in [1.165, 1.54) is 13.0 Å². The van der Waals surface area contributed by atoms with Gasteiger partial charge in [0.15, 0.2) is 5.78 Å². The predicted octanol–water partition coefficient (Wildman–Crippen LogP) is 3.23. The van der Waals surface area contributed by atoms with Gasteiger partial charge in [0.25, 0.3) is 0 Å². The number of ketones is 1. The van der Waals surface area contributed by atoms with Gasteiger partial charge in [0.05, 0.1) is 5.69 Å². The lowest BCUT2D eigenvalue weighted by molar-refractivity contribution is 0.101. The van der Waals surface area contributed by atoms with E-state index >= 15 is 0 Å². The molecule has 0 bridgehead atoms. The second kappa shape index (κ2) is 5.63. The fourth-order valence-corrected chi connectivity index (χ4v) is 1.76. The van der Waals surface area contributed by atoms with E-state index in [-0.39, 0.29) is 11.6 Å². The van der Waals surface area contributed by atoms with Gasteiger partial charge in [-0.15, -0.1) is 0 Å². The first-order valence-electron chi connectivity index (χ1n) is 5.96. The van der Waals surface area contributed by atoms with Crippen LogP contribution in [-0.2, 0) is 6.54 Å². The molecule has 19 heavy (non-hydrogen) atoms. The van der Waals surface area contributed by atoms with Gasteiger partial charge in [-0.3, -0.25) is 4.79 Å². The molecule has 2 rings (SSSR count). The maximum atomic E-state index is 13.8. The fraction of sp³-hybridized carbons (Fsp3) is 0.133. The zero-order valence-electron chi connectivity index (χ0n) is 10.6. The molecule has 3 N–H and O–H groups in total. The molecule has 0 atom stereocenters. The van der Waals surface area contributed by atoms with Gasteiger partial charge in [-0.05, 0) is 36.8 Å². The van der Waals surface area contributed by atoms with Gasteiger partial charge in [0, 0.05) is 17.8 Å². The van der Waals surface area contributed by atoms with Crippen molar-refractivity contribution in [2.24, 2.45) is 5.73 Å². The Balaban J connectivity index is 2.26. The molecule has 0 aliphatic carbocycles. The quantitative estimate of drug-likeness (QED) is 0.828. The van der Waals surface area contributed by atoms with Crippen LogP contribution in [0.4, 0.5) is 15.8 Å². The van der Waals surface area contributed by atoms with E-state index in [2.05, 4.69) is 5.32 Å². The van der Waals surface area contributed by atoms with Crippen LogP contribution in [-0.4, -0.2) is 5.78 Å². The number of Topliss-reactive ketones (excluding diaryl/α,β-unsaturated/α-hetero) is 1. The van der Waals surface area contributed by atoms with Gasteiger partial charge >= 0.3 is 0 Å². The summed E-state index contributed by atoms with van der Waals surface area (Å²) in [5, 5.41) is 2.95. The average Bonchev–Trinajstić information content (AvgIpc) is 2.41. The molecule has 0 heterocycles. The number of rotatable bonds is 4. The molecular weight excluding hydrogens is 243 g/mol. The number of carbonyl (C=O) groups is 1. The molecule has 98 valence electrons. The summed E-state index contributed by atoms with van der Waals surface area (Å²) < 4.78 is 13.8. The largest absolute Gasteiger partial charge is 0.353 e. The first-order valence-corrected chi connectivity index (χ1v) is 5.96. The third-order valence-corrected chi connectivity index (χ3v) is 2.82. The first-order chi connectivity index (χ1) is 9.10. The van der Waals surface area contributed by atoms with Crippen molar-refractivity contribution in [2.75, 3.05) is 5.32 Å². The predicted molar refractivity (Wildman–Crippen MR) is 74.0 cm³/mol. The molecule has 0 unspecified atom stereocenters. The number of hydrogen-bond acceptors (Lipinski definition) is 3. The Labute approximate surface area is 111 Å². The summed E-state index contributed by atoms with van der Waals surface area (Å²) in [4.78, 5) is 11.3. The first kappa shape index (κ1) is 13.2. The Bertz CT molecular complexity index is 611. The summed E-state index contributed by atoms with van der Waals surface area (Å²) in [6.45, 7) is 1.80. The minimum absolute atomic E-state index is 0.0254. The number of hydrogen-bond donors (Lipinski definition) is 2. The van der Waals surface area contributed by atoms with Crippen molar-refractivity contribution >= 4 is 17.2 Å². The second-order valence-electron chi connectivity index (χ2n) is 4.28. The van der Waals surface area contributed by atoms with E-state index in [9.17, 15) is 9.18 Å². The Morgan fingerprint density at radius 2 is 2.05 bits per heavy atom. The van der Waals surface area contributed by atoms with Crippen molar-refractivity contribution in [3.63, 3.8) is 0 Å². The zero-order valence-corrected chi connectivity index (χ0v) is 10.6. The van der Waals surface area contributed by atoms with Crippen LogP contribution in [0.1, 0.15) is 22.8 Å². The highest BCUT2D eigenvalue weighted by atomic mass is 19.1. The second-order valence-corrected chi connectivity index (χ2v) is 4.28. The smallest absolute Gasteiger partial charge is 0.159 e. The lowest BCUT2D eigenvalue weighted by Gasteiger charge is -2.09. The van der Waals surface area contributed by atoms with Gasteiger partial charge in [-0.2, -0.15) is 0 Å². The Kier molecular flexibility index (Phi) is 3.92. The lowest BCUT2D eigenvalue weighted by atomic mass is 10.1. The molecule has 0 amide bonds. The highest BCUT2D eigenvalue weighted by Crippen LogP contribution is 2.21. The minimum Gasteiger partial charge on any atom is -0.353 e. The monoisotopic (exact) mass is 258 g/mol. The number of nitrogens with one attached hydrogen (secondary N) is 1. The van der Waals surface area contributed by atoms with Crippen LogP contribution >= 0.6 is 0 Å². The van der Waals surface area contributed by atoms with E-state index in [4.69, 9.17) is 5.73 Å². The molecule has 4 heteroatoms. The van der Waals surface area contributed by atoms with Crippen molar-refractivity contribution in [1.29, 1.82) is 0 Å². The average molecular weight is 258 g/mol. The van der Waals surface area contributed by atoms with E-state index < -0.39 is 0 Å². The highest BCUT2D eigenvalue weighted by Gasteiger charge is 2.05.